The lowest BCUT2D eigenvalue weighted by atomic mass is 10.0. The first-order valence-electron chi connectivity index (χ1n) is 5.34. The van der Waals surface area contributed by atoms with Crippen molar-refractivity contribution in [2.75, 3.05) is 0 Å². The first-order chi connectivity index (χ1) is 8.50. The van der Waals surface area contributed by atoms with Crippen LogP contribution in [0.3, 0.4) is 0 Å². The fraction of sp³-hybridized carbons (Fsp3) is 0.143. The van der Waals surface area contributed by atoms with Gasteiger partial charge in [0.2, 0.25) is 0 Å². The van der Waals surface area contributed by atoms with Gasteiger partial charge in [-0.25, -0.2) is 13.2 Å². The Morgan fingerprint density at radius 2 is 1.56 bits per heavy atom. The first kappa shape index (κ1) is 13.0. The summed E-state index contributed by atoms with van der Waals surface area (Å²) >= 11 is 6.02. The van der Waals surface area contributed by atoms with Crippen molar-refractivity contribution < 1.29 is 13.2 Å². The molecular formula is C14H10ClF3. The molecule has 2 rings (SSSR count). The van der Waals surface area contributed by atoms with Gasteiger partial charge >= 0.3 is 0 Å². The standard InChI is InChI=1S/C14H10ClF3/c1-8-6-13(18)10(7-12(8)17)14(15)9-4-2-3-5-11(9)16/h2-7,14H,1H3. The van der Waals surface area contributed by atoms with Gasteiger partial charge in [0.05, 0.1) is 5.38 Å². The molecule has 0 fully saturated rings. The Kier molecular flexibility index (Phi) is 3.62. The normalized spacial score (nSPS) is 12.5. The zero-order valence-electron chi connectivity index (χ0n) is 9.55. The van der Waals surface area contributed by atoms with Crippen molar-refractivity contribution in [3.8, 4) is 0 Å². The van der Waals surface area contributed by atoms with Gasteiger partial charge in [-0.1, -0.05) is 18.2 Å². The lowest BCUT2D eigenvalue weighted by Crippen LogP contribution is -2.01. The van der Waals surface area contributed by atoms with Gasteiger partial charge in [0.25, 0.3) is 0 Å². The summed E-state index contributed by atoms with van der Waals surface area (Å²) in [7, 11) is 0. The minimum atomic E-state index is -1.05. The van der Waals surface area contributed by atoms with E-state index in [0.717, 1.165) is 12.1 Å². The molecule has 18 heavy (non-hydrogen) atoms. The maximum Gasteiger partial charge on any atom is 0.128 e. The van der Waals surface area contributed by atoms with Crippen molar-refractivity contribution in [1.29, 1.82) is 0 Å². The first-order valence-corrected chi connectivity index (χ1v) is 5.78. The van der Waals surface area contributed by atoms with Crippen molar-refractivity contribution in [3.63, 3.8) is 0 Å². The van der Waals surface area contributed by atoms with Gasteiger partial charge in [0.15, 0.2) is 0 Å². The van der Waals surface area contributed by atoms with Crippen LogP contribution < -0.4 is 0 Å². The summed E-state index contributed by atoms with van der Waals surface area (Å²) in [4.78, 5) is 0. The molecule has 0 saturated carbocycles. The number of aryl methyl sites for hydroxylation is 1. The largest absolute Gasteiger partial charge is 0.207 e. The van der Waals surface area contributed by atoms with Crippen LogP contribution in [0.25, 0.3) is 0 Å². The van der Waals surface area contributed by atoms with Crippen LogP contribution in [0.15, 0.2) is 36.4 Å². The fourth-order valence-corrected chi connectivity index (χ4v) is 2.05. The Hall–Kier alpha value is -1.48. The molecule has 4 heteroatoms. The molecule has 1 unspecified atom stereocenters. The van der Waals surface area contributed by atoms with Crippen LogP contribution in [-0.2, 0) is 0 Å². The van der Waals surface area contributed by atoms with Gasteiger partial charge in [-0.15, -0.1) is 11.6 Å². The van der Waals surface area contributed by atoms with Crippen LogP contribution >= 0.6 is 11.6 Å². The van der Waals surface area contributed by atoms with Crippen molar-refractivity contribution in [2.24, 2.45) is 0 Å². The summed E-state index contributed by atoms with van der Waals surface area (Å²) in [5, 5.41) is -1.05. The zero-order chi connectivity index (χ0) is 13.3. The molecule has 0 saturated heterocycles. The zero-order valence-corrected chi connectivity index (χ0v) is 10.3. The van der Waals surface area contributed by atoms with E-state index < -0.39 is 22.8 Å². The molecule has 0 aliphatic carbocycles. The van der Waals surface area contributed by atoms with Crippen LogP contribution in [-0.4, -0.2) is 0 Å². The highest BCUT2D eigenvalue weighted by atomic mass is 35.5. The Labute approximate surface area is 108 Å². The quantitative estimate of drug-likeness (QED) is 0.692. The highest BCUT2D eigenvalue weighted by Crippen LogP contribution is 2.33. The summed E-state index contributed by atoms with van der Waals surface area (Å²) in [6.07, 6.45) is 0. The van der Waals surface area contributed by atoms with E-state index in [1.165, 1.54) is 25.1 Å². The van der Waals surface area contributed by atoms with E-state index in [0.29, 0.717) is 0 Å². The molecule has 0 heterocycles. The summed E-state index contributed by atoms with van der Waals surface area (Å²) in [5.74, 6) is -1.75. The lowest BCUT2D eigenvalue weighted by molar-refractivity contribution is 0.574. The maximum atomic E-state index is 13.7. The van der Waals surface area contributed by atoms with Crippen molar-refractivity contribution in [3.05, 3.63) is 70.5 Å². The van der Waals surface area contributed by atoms with Crippen LogP contribution in [0, 0.1) is 24.4 Å². The predicted octanol–water partition coefficient (Wildman–Crippen LogP) is 4.74. The minimum absolute atomic E-state index is 0.0649. The molecule has 0 spiro atoms. The van der Waals surface area contributed by atoms with E-state index in [2.05, 4.69) is 0 Å². The van der Waals surface area contributed by atoms with E-state index in [-0.39, 0.29) is 16.7 Å². The van der Waals surface area contributed by atoms with Gasteiger partial charge in [-0.05, 0) is 30.7 Å². The molecule has 1 atom stereocenters. The monoisotopic (exact) mass is 270 g/mol. The molecule has 0 bridgehead atoms. The lowest BCUT2D eigenvalue weighted by Gasteiger charge is -2.13. The number of alkyl halides is 1. The Bertz CT molecular complexity index is 581. The van der Waals surface area contributed by atoms with E-state index in [1.807, 2.05) is 0 Å². The number of hydrogen-bond donors (Lipinski definition) is 0. The van der Waals surface area contributed by atoms with Crippen LogP contribution in [0.2, 0.25) is 0 Å². The highest BCUT2D eigenvalue weighted by molar-refractivity contribution is 6.22. The number of rotatable bonds is 2. The molecule has 0 aliphatic heterocycles. The summed E-state index contributed by atoms with van der Waals surface area (Å²) in [6, 6.07) is 7.85. The summed E-state index contributed by atoms with van der Waals surface area (Å²) < 4.78 is 40.7. The molecular weight excluding hydrogens is 261 g/mol. The fourth-order valence-electron chi connectivity index (χ4n) is 1.70. The third kappa shape index (κ3) is 2.36. The Balaban J connectivity index is 2.50. The van der Waals surface area contributed by atoms with Gasteiger partial charge in [0, 0.05) is 11.1 Å². The average molecular weight is 271 g/mol. The topological polar surface area (TPSA) is 0 Å². The molecule has 2 aromatic rings. The Morgan fingerprint density at radius 3 is 2.22 bits per heavy atom. The van der Waals surface area contributed by atoms with Gasteiger partial charge in [-0.2, -0.15) is 0 Å². The molecule has 0 aliphatic rings. The van der Waals surface area contributed by atoms with Crippen LogP contribution in [0.4, 0.5) is 13.2 Å². The third-order valence-corrected chi connectivity index (χ3v) is 3.20. The molecule has 0 N–H and O–H groups in total. The van der Waals surface area contributed by atoms with E-state index in [4.69, 9.17) is 11.6 Å². The molecule has 0 aromatic heterocycles. The molecule has 0 amide bonds. The summed E-state index contributed by atoms with van der Waals surface area (Å²) in [5.41, 5.74) is 0.250. The predicted molar refractivity (Wildman–Crippen MR) is 65.2 cm³/mol. The average Bonchev–Trinajstić information content (AvgIpc) is 2.33. The van der Waals surface area contributed by atoms with Crippen molar-refractivity contribution in [2.45, 2.75) is 12.3 Å². The Morgan fingerprint density at radius 1 is 0.889 bits per heavy atom. The summed E-state index contributed by atoms with van der Waals surface area (Å²) in [6.45, 7) is 1.45. The van der Waals surface area contributed by atoms with Crippen LogP contribution in [0.1, 0.15) is 22.1 Å². The second-order valence-corrected chi connectivity index (χ2v) is 4.44. The SMILES string of the molecule is Cc1cc(F)c(C(Cl)c2ccccc2F)cc1F. The number of halogens is 4. The van der Waals surface area contributed by atoms with Gasteiger partial charge in [0.1, 0.15) is 17.5 Å². The molecule has 0 nitrogen and oxygen atoms in total. The van der Waals surface area contributed by atoms with Crippen LogP contribution in [0.5, 0.6) is 0 Å². The second-order valence-electron chi connectivity index (χ2n) is 4.01. The highest BCUT2D eigenvalue weighted by Gasteiger charge is 2.19. The molecule has 94 valence electrons. The maximum absolute atomic E-state index is 13.7. The van der Waals surface area contributed by atoms with E-state index in [9.17, 15) is 13.2 Å². The third-order valence-electron chi connectivity index (χ3n) is 2.73. The van der Waals surface area contributed by atoms with Gasteiger partial charge < -0.3 is 0 Å². The number of hydrogen-bond acceptors (Lipinski definition) is 0. The van der Waals surface area contributed by atoms with Crippen molar-refractivity contribution in [1.82, 2.24) is 0 Å². The van der Waals surface area contributed by atoms with E-state index in [1.54, 1.807) is 6.07 Å². The smallest absolute Gasteiger partial charge is 0.128 e. The number of benzene rings is 2. The van der Waals surface area contributed by atoms with E-state index >= 15 is 0 Å². The molecule has 0 radical (unpaired) electrons. The second kappa shape index (κ2) is 5.02. The van der Waals surface area contributed by atoms with Crippen molar-refractivity contribution >= 4 is 11.6 Å². The molecule has 2 aromatic carbocycles. The van der Waals surface area contributed by atoms with Gasteiger partial charge in [-0.3, -0.25) is 0 Å². The minimum Gasteiger partial charge on any atom is -0.207 e.